The van der Waals surface area contributed by atoms with Gasteiger partial charge in [0.1, 0.15) is 5.25 Å². The summed E-state index contributed by atoms with van der Waals surface area (Å²) in [6.45, 7) is 3.98. The fraction of sp³-hybridized carbons (Fsp3) is 0.778. The van der Waals surface area contributed by atoms with Crippen LogP contribution in [0.3, 0.4) is 0 Å². The lowest BCUT2D eigenvalue weighted by molar-refractivity contribution is 0.198. The molecule has 4 nitrogen and oxygen atoms in total. The molecule has 1 atom stereocenters. The maximum atomic E-state index is 12.0. The molecule has 5 heteroatoms. The number of hydrogen-bond acceptors (Lipinski definition) is 3. The van der Waals surface area contributed by atoms with E-state index >= 15 is 0 Å². The topological polar surface area (TPSA) is 46.6 Å². The molecule has 0 N–H and O–H groups in total. The van der Waals surface area contributed by atoms with Crippen molar-refractivity contribution in [2.45, 2.75) is 18.6 Å². The lowest BCUT2D eigenvalue weighted by atomic mass is 10.3. The van der Waals surface area contributed by atoms with Gasteiger partial charge in [0.15, 0.2) is 0 Å². The molecule has 2 aliphatic heterocycles. The smallest absolute Gasteiger partial charge is 0.219 e. The zero-order chi connectivity index (χ0) is 10.2. The van der Waals surface area contributed by atoms with Crippen LogP contribution < -0.4 is 0 Å². The summed E-state index contributed by atoms with van der Waals surface area (Å²) in [5.41, 5.74) is 1.13. The molecule has 14 heavy (non-hydrogen) atoms. The zero-order valence-corrected chi connectivity index (χ0v) is 9.09. The molecule has 0 spiro atoms. The van der Waals surface area contributed by atoms with Crippen LogP contribution in [0.2, 0.25) is 0 Å². The highest BCUT2D eigenvalue weighted by molar-refractivity contribution is 7.89. The first-order valence-corrected chi connectivity index (χ1v) is 6.33. The van der Waals surface area contributed by atoms with Gasteiger partial charge in [0.05, 0.1) is 6.61 Å². The van der Waals surface area contributed by atoms with E-state index in [1.165, 1.54) is 0 Å². The second-order valence-corrected chi connectivity index (χ2v) is 6.09. The van der Waals surface area contributed by atoms with E-state index in [4.69, 9.17) is 4.74 Å². The van der Waals surface area contributed by atoms with Gasteiger partial charge in [-0.3, -0.25) is 0 Å². The van der Waals surface area contributed by atoms with Crippen LogP contribution in [-0.2, 0) is 14.8 Å². The van der Waals surface area contributed by atoms with Crippen LogP contribution in [0, 0.1) is 0 Å². The van der Waals surface area contributed by atoms with Crippen LogP contribution in [-0.4, -0.2) is 44.3 Å². The van der Waals surface area contributed by atoms with Gasteiger partial charge in [-0.2, -0.15) is 4.31 Å². The Balaban J connectivity index is 2.09. The van der Waals surface area contributed by atoms with E-state index in [0.29, 0.717) is 32.7 Å². The minimum absolute atomic E-state index is 0.318. The Kier molecular flexibility index (Phi) is 2.64. The van der Waals surface area contributed by atoms with Gasteiger partial charge in [-0.1, -0.05) is 11.6 Å². The van der Waals surface area contributed by atoms with Crippen LogP contribution in [0.25, 0.3) is 0 Å². The normalized spacial score (nSPS) is 29.5. The van der Waals surface area contributed by atoms with Crippen molar-refractivity contribution in [3.05, 3.63) is 11.6 Å². The Labute approximate surface area is 84.6 Å². The van der Waals surface area contributed by atoms with Crippen LogP contribution in [0.1, 0.15) is 13.3 Å². The van der Waals surface area contributed by atoms with E-state index in [9.17, 15) is 8.42 Å². The van der Waals surface area contributed by atoms with Crippen molar-refractivity contribution in [1.29, 1.82) is 0 Å². The summed E-state index contributed by atoms with van der Waals surface area (Å²) < 4.78 is 30.6. The molecule has 0 aromatic heterocycles. The van der Waals surface area contributed by atoms with E-state index in [1.54, 1.807) is 4.31 Å². The summed E-state index contributed by atoms with van der Waals surface area (Å²) >= 11 is 0. The van der Waals surface area contributed by atoms with Gasteiger partial charge < -0.3 is 4.74 Å². The van der Waals surface area contributed by atoms with E-state index in [1.807, 2.05) is 13.0 Å². The molecule has 1 saturated heterocycles. The molecule has 80 valence electrons. The third-order valence-electron chi connectivity index (χ3n) is 2.74. The summed E-state index contributed by atoms with van der Waals surface area (Å²) in [5.74, 6) is 0. The molecule has 2 heterocycles. The minimum Gasteiger partial charge on any atom is -0.380 e. The fourth-order valence-corrected chi connectivity index (χ4v) is 3.57. The Hall–Kier alpha value is -0.390. The van der Waals surface area contributed by atoms with Crippen molar-refractivity contribution in [2.24, 2.45) is 0 Å². The van der Waals surface area contributed by atoms with Gasteiger partial charge in [0.2, 0.25) is 10.0 Å². The lowest BCUT2D eigenvalue weighted by Crippen LogP contribution is -2.37. The highest BCUT2D eigenvalue weighted by Gasteiger charge is 2.35. The summed E-state index contributed by atoms with van der Waals surface area (Å²) in [6, 6.07) is 0. The van der Waals surface area contributed by atoms with E-state index < -0.39 is 10.0 Å². The molecule has 2 rings (SSSR count). The van der Waals surface area contributed by atoms with E-state index in [-0.39, 0.29) is 5.25 Å². The van der Waals surface area contributed by atoms with Gasteiger partial charge in [-0.15, -0.1) is 0 Å². The molecule has 2 aliphatic rings. The molecule has 0 aromatic rings. The third-order valence-corrected chi connectivity index (χ3v) is 4.95. The average Bonchev–Trinajstić information content (AvgIpc) is 2.72. The molecule has 0 amide bonds. The van der Waals surface area contributed by atoms with Crippen molar-refractivity contribution < 1.29 is 13.2 Å². The van der Waals surface area contributed by atoms with Crippen molar-refractivity contribution in [1.82, 2.24) is 4.31 Å². The maximum Gasteiger partial charge on any atom is 0.219 e. The van der Waals surface area contributed by atoms with Crippen LogP contribution >= 0.6 is 0 Å². The Morgan fingerprint density at radius 2 is 2.36 bits per heavy atom. The van der Waals surface area contributed by atoms with Crippen LogP contribution in [0.15, 0.2) is 11.6 Å². The quantitative estimate of drug-likeness (QED) is 0.628. The lowest BCUT2D eigenvalue weighted by Gasteiger charge is -2.19. The van der Waals surface area contributed by atoms with Gasteiger partial charge in [-0.05, 0) is 13.3 Å². The second-order valence-electron chi connectivity index (χ2n) is 3.87. The van der Waals surface area contributed by atoms with Crippen molar-refractivity contribution >= 4 is 10.0 Å². The van der Waals surface area contributed by atoms with Crippen molar-refractivity contribution in [3.8, 4) is 0 Å². The summed E-state index contributed by atoms with van der Waals surface area (Å²) in [6.07, 6.45) is 2.60. The van der Waals surface area contributed by atoms with Gasteiger partial charge in [0, 0.05) is 19.7 Å². The van der Waals surface area contributed by atoms with Crippen LogP contribution in [0.4, 0.5) is 0 Å². The molecular weight excluding hydrogens is 202 g/mol. The van der Waals surface area contributed by atoms with E-state index in [0.717, 1.165) is 5.57 Å². The molecule has 1 fully saturated rings. The SMILES string of the molecule is CC1=CCN(S(=O)(=O)C2CCOC2)C1. The Bertz CT molecular complexity index is 341. The monoisotopic (exact) mass is 217 g/mol. The first kappa shape index (κ1) is 10.1. The maximum absolute atomic E-state index is 12.0. The molecule has 0 aliphatic carbocycles. The molecule has 0 aromatic carbocycles. The molecule has 1 unspecified atom stereocenters. The number of sulfonamides is 1. The second kappa shape index (κ2) is 3.64. The van der Waals surface area contributed by atoms with Crippen LogP contribution in [0.5, 0.6) is 0 Å². The summed E-state index contributed by atoms with van der Waals surface area (Å²) in [4.78, 5) is 0. The highest BCUT2D eigenvalue weighted by atomic mass is 32.2. The van der Waals surface area contributed by atoms with E-state index in [2.05, 4.69) is 0 Å². The predicted molar refractivity (Wildman–Crippen MR) is 53.5 cm³/mol. The van der Waals surface area contributed by atoms with Gasteiger partial charge in [0.25, 0.3) is 0 Å². The standard InChI is InChI=1S/C9H15NO3S/c1-8-2-4-10(6-8)14(11,12)9-3-5-13-7-9/h2,9H,3-7H2,1H3. The van der Waals surface area contributed by atoms with Crippen molar-refractivity contribution in [3.63, 3.8) is 0 Å². The average molecular weight is 217 g/mol. The number of nitrogens with zero attached hydrogens (tertiary/aromatic N) is 1. The molecular formula is C9H15NO3S. The molecule has 0 bridgehead atoms. The number of hydrogen-bond donors (Lipinski definition) is 0. The number of ether oxygens (including phenoxy) is 1. The molecule has 0 saturated carbocycles. The molecule has 0 radical (unpaired) electrons. The highest BCUT2D eigenvalue weighted by Crippen LogP contribution is 2.21. The van der Waals surface area contributed by atoms with Gasteiger partial charge in [-0.25, -0.2) is 8.42 Å². The summed E-state index contributed by atoms with van der Waals surface area (Å²) in [7, 11) is -3.12. The Morgan fingerprint density at radius 3 is 2.86 bits per heavy atom. The fourth-order valence-electron chi connectivity index (χ4n) is 1.82. The largest absolute Gasteiger partial charge is 0.380 e. The zero-order valence-electron chi connectivity index (χ0n) is 8.27. The number of rotatable bonds is 2. The minimum atomic E-state index is -3.12. The third kappa shape index (κ3) is 1.71. The predicted octanol–water partition coefficient (Wildman–Crippen LogP) is 0.367. The summed E-state index contributed by atoms with van der Waals surface area (Å²) in [5, 5.41) is -0.318. The van der Waals surface area contributed by atoms with Gasteiger partial charge >= 0.3 is 0 Å². The Morgan fingerprint density at radius 1 is 1.57 bits per heavy atom. The first-order chi connectivity index (χ1) is 6.60. The first-order valence-electron chi connectivity index (χ1n) is 4.83. The van der Waals surface area contributed by atoms with Crippen molar-refractivity contribution in [2.75, 3.05) is 26.3 Å².